The number of hydrogen-bond donors (Lipinski definition) is 0. The summed E-state index contributed by atoms with van der Waals surface area (Å²) in [5.41, 5.74) is -3.14. The van der Waals surface area contributed by atoms with Crippen LogP contribution in [0.1, 0.15) is 55.6 Å². The van der Waals surface area contributed by atoms with Gasteiger partial charge in [0.25, 0.3) is 11.4 Å². The Morgan fingerprint density at radius 2 is 1.11 bits per heavy atom. The summed E-state index contributed by atoms with van der Waals surface area (Å²) in [7, 11) is 0. The Hall–Kier alpha value is -7.67. The molecule has 0 amide bonds. The van der Waals surface area contributed by atoms with E-state index in [9.17, 15) is 39.5 Å². The van der Waals surface area contributed by atoms with Gasteiger partial charge in [-0.3, -0.25) is 0 Å². The van der Waals surface area contributed by atoms with Gasteiger partial charge in [0, 0.05) is 16.7 Å². The molecule has 0 fully saturated rings. The highest BCUT2D eigenvalue weighted by molar-refractivity contribution is 6.31. The van der Waals surface area contributed by atoms with E-state index in [1.807, 2.05) is 25.1 Å². The summed E-state index contributed by atoms with van der Waals surface area (Å²) in [6.07, 6.45) is -4.69. The molecule has 0 heterocycles. The molecule has 0 N–H and O–H groups in total. The second-order valence-corrected chi connectivity index (χ2v) is 10.0. The number of hydrogen-bond acceptors (Lipinski definition) is 5. The average molecular weight is 613 g/mol. The van der Waals surface area contributed by atoms with E-state index < -0.39 is 23.1 Å². The number of nitriles is 5. The summed E-state index contributed by atoms with van der Waals surface area (Å²) in [4.78, 5) is 10.3. The molecule has 0 saturated carbocycles. The summed E-state index contributed by atoms with van der Waals surface area (Å²) in [6.45, 7) is 25.4. The van der Waals surface area contributed by atoms with Crippen LogP contribution in [0.3, 0.4) is 0 Å². The van der Waals surface area contributed by atoms with E-state index in [4.69, 9.17) is 19.7 Å². The molecule has 0 aliphatic heterocycles. The van der Waals surface area contributed by atoms with Gasteiger partial charge in [0.05, 0.1) is 60.2 Å². The Labute approximate surface area is 266 Å². The van der Waals surface area contributed by atoms with Crippen molar-refractivity contribution < 1.29 is 13.2 Å². The van der Waals surface area contributed by atoms with Crippen LogP contribution in [0.15, 0.2) is 59.9 Å². The highest BCUT2D eigenvalue weighted by Crippen LogP contribution is 2.58. The van der Waals surface area contributed by atoms with Crippen molar-refractivity contribution in [1.29, 1.82) is 26.3 Å². The van der Waals surface area contributed by atoms with Gasteiger partial charge in [0.2, 0.25) is 5.70 Å². The predicted octanol–water partition coefficient (Wildman–Crippen LogP) is 8.31. The highest BCUT2D eigenvalue weighted by atomic mass is 19.4. The molecule has 5 rings (SSSR count). The van der Waals surface area contributed by atoms with Crippen LogP contribution in [0, 0.1) is 83.3 Å². The number of nitrogens with zero attached hydrogens (tertiary/aromatic N) is 8. The second-order valence-electron chi connectivity index (χ2n) is 10.0. The number of halogens is 3. The topological polar surface area (TPSA) is 132 Å². The molecular formula is C36H11F3N8. The fourth-order valence-corrected chi connectivity index (χ4v) is 5.79. The Balaban J connectivity index is 2.06. The van der Waals surface area contributed by atoms with E-state index in [2.05, 4.69) is 14.5 Å². The maximum atomic E-state index is 13.4. The van der Waals surface area contributed by atoms with Crippen LogP contribution in [0.2, 0.25) is 0 Å². The van der Waals surface area contributed by atoms with Gasteiger partial charge in [-0.15, -0.1) is 0 Å². The molecule has 11 heteroatoms. The summed E-state index contributed by atoms with van der Waals surface area (Å²) in [6, 6.07) is 19.8. The van der Waals surface area contributed by atoms with Crippen LogP contribution >= 0.6 is 0 Å². The average Bonchev–Trinajstić information content (AvgIpc) is 3.58. The van der Waals surface area contributed by atoms with E-state index in [0.717, 1.165) is 29.8 Å². The van der Waals surface area contributed by atoms with Crippen molar-refractivity contribution in [3.05, 3.63) is 150 Å². The minimum Gasteiger partial charge on any atom is -0.237 e. The summed E-state index contributed by atoms with van der Waals surface area (Å²) < 4.78 is 40.2. The van der Waals surface area contributed by atoms with Crippen molar-refractivity contribution in [2.45, 2.75) is 13.1 Å². The number of aryl methyl sites for hydroxylation is 1. The monoisotopic (exact) mass is 612 g/mol. The minimum atomic E-state index is -4.69. The third-order valence-corrected chi connectivity index (χ3v) is 7.67. The zero-order valence-electron chi connectivity index (χ0n) is 23.8. The molecule has 0 bridgehead atoms. The number of alkyl halides is 3. The van der Waals surface area contributed by atoms with Gasteiger partial charge in [0.15, 0.2) is 0 Å². The van der Waals surface area contributed by atoms with Crippen LogP contribution in [0.4, 0.5) is 13.2 Å². The van der Waals surface area contributed by atoms with Gasteiger partial charge in [-0.1, -0.05) is 42.0 Å². The SMILES string of the molecule is [C-]#[N+]C1=C(c2ccc(C)cc2)/C(=C(/C#N)[N+]#[C-])c2c(C#N)c3c(c(C#N)c21)/C(=C(/C#N)[N+]#[C-])C(c1ccc(C(F)(F)F)cc1)=C3C#N. The first kappa shape index (κ1) is 30.8. The van der Waals surface area contributed by atoms with Crippen LogP contribution in [0.25, 0.3) is 48.1 Å². The quantitative estimate of drug-likeness (QED) is 0.212. The Morgan fingerprint density at radius 1 is 0.638 bits per heavy atom. The van der Waals surface area contributed by atoms with Crippen molar-refractivity contribution in [1.82, 2.24) is 0 Å². The van der Waals surface area contributed by atoms with Crippen LogP contribution in [-0.2, 0) is 6.18 Å². The maximum Gasteiger partial charge on any atom is 0.416 e. The zero-order chi connectivity index (χ0) is 34.2. The lowest BCUT2D eigenvalue weighted by atomic mass is 9.84. The summed E-state index contributed by atoms with van der Waals surface area (Å²) in [5, 5.41) is 51.8. The van der Waals surface area contributed by atoms with Gasteiger partial charge < -0.3 is 0 Å². The molecular weight excluding hydrogens is 601 g/mol. The normalized spacial score (nSPS) is 15.0. The lowest BCUT2D eigenvalue weighted by molar-refractivity contribution is -0.137. The van der Waals surface area contributed by atoms with Crippen molar-refractivity contribution in [3.63, 3.8) is 0 Å². The smallest absolute Gasteiger partial charge is 0.237 e. The first-order chi connectivity index (χ1) is 22.6. The van der Waals surface area contributed by atoms with Crippen molar-refractivity contribution in [2.75, 3.05) is 0 Å². The van der Waals surface area contributed by atoms with Gasteiger partial charge in [-0.25, -0.2) is 25.1 Å². The molecule has 0 radical (unpaired) electrons. The first-order valence-electron chi connectivity index (χ1n) is 13.2. The highest BCUT2D eigenvalue weighted by Gasteiger charge is 2.43. The number of rotatable bonds is 2. The lowest BCUT2D eigenvalue weighted by Gasteiger charge is -2.16. The molecule has 0 saturated heterocycles. The fraction of sp³-hybridized carbons (Fsp3) is 0.0556. The molecule has 0 aromatic heterocycles. The molecule has 0 atom stereocenters. The third-order valence-electron chi connectivity index (χ3n) is 7.67. The Bertz CT molecular complexity index is 2420. The minimum absolute atomic E-state index is 0.0129. The van der Waals surface area contributed by atoms with Crippen LogP contribution in [0.5, 0.6) is 0 Å². The molecule has 0 unspecified atom stereocenters. The van der Waals surface area contributed by atoms with E-state index >= 15 is 0 Å². The second kappa shape index (κ2) is 11.4. The molecule has 0 spiro atoms. The number of fused-ring (bicyclic) bond motifs is 2. The van der Waals surface area contributed by atoms with Gasteiger partial charge >= 0.3 is 6.18 Å². The fourth-order valence-electron chi connectivity index (χ4n) is 5.79. The van der Waals surface area contributed by atoms with Crippen molar-refractivity contribution in [2.24, 2.45) is 0 Å². The summed E-state index contributed by atoms with van der Waals surface area (Å²) in [5.74, 6) is 0. The Kier molecular flexibility index (Phi) is 7.49. The van der Waals surface area contributed by atoms with Gasteiger partial charge in [-0.2, -0.15) is 29.0 Å². The Morgan fingerprint density at radius 3 is 1.55 bits per heavy atom. The molecule has 3 aromatic rings. The van der Waals surface area contributed by atoms with E-state index in [0.29, 0.717) is 5.56 Å². The van der Waals surface area contributed by atoms with Crippen molar-refractivity contribution in [3.8, 4) is 30.3 Å². The predicted molar refractivity (Wildman–Crippen MR) is 163 cm³/mol. The molecule has 2 aliphatic rings. The van der Waals surface area contributed by atoms with Crippen LogP contribution in [-0.4, -0.2) is 0 Å². The standard InChI is InChI=1S/C36H11F3N8/c1-18-5-7-20(8-6-18)28-34(26(17-44)46-3)31-23(14-41)29-22(13-40)27(19-9-11-21(12-10-19)36(37,38)39)33(25(16-43)45-2)30(29)24(15-42)32(31)35(28)47-4/h5-12H,1H3/b33-25-,34-26+. The lowest BCUT2D eigenvalue weighted by Crippen LogP contribution is -2.05. The van der Waals surface area contributed by atoms with Gasteiger partial charge in [-0.05, 0) is 58.0 Å². The molecule has 8 nitrogen and oxygen atoms in total. The largest absolute Gasteiger partial charge is 0.416 e. The number of allylic oxidation sites excluding steroid dienone is 7. The molecule has 47 heavy (non-hydrogen) atoms. The van der Waals surface area contributed by atoms with E-state index in [1.165, 1.54) is 0 Å². The third kappa shape index (κ3) is 4.47. The van der Waals surface area contributed by atoms with Gasteiger partial charge in [0.1, 0.15) is 12.1 Å². The molecule has 3 aromatic carbocycles. The van der Waals surface area contributed by atoms with Crippen molar-refractivity contribution >= 4 is 33.6 Å². The zero-order valence-corrected chi connectivity index (χ0v) is 23.8. The summed E-state index contributed by atoms with van der Waals surface area (Å²) >= 11 is 0. The first-order valence-corrected chi connectivity index (χ1v) is 13.2. The van der Waals surface area contributed by atoms with Crippen LogP contribution < -0.4 is 0 Å². The molecule has 2 aliphatic carbocycles. The molecule has 216 valence electrons. The maximum absolute atomic E-state index is 13.4. The number of benzene rings is 3. The van der Waals surface area contributed by atoms with E-state index in [1.54, 1.807) is 36.4 Å². The van der Waals surface area contributed by atoms with E-state index in [-0.39, 0.29) is 72.5 Å².